The number of carbonyl (C=O) groups excluding carboxylic acids is 1. The summed E-state index contributed by atoms with van der Waals surface area (Å²) in [6, 6.07) is -0.419. The van der Waals surface area contributed by atoms with Crippen molar-refractivity contribution in [2.45, 2.75) is 51.1 Å². The van der Waals surface area contributed by atoms with Gasteiger partial charge >= 0.3 is 12.0 Å². The highest BCUT2D eigenvalue weighted by Gasteiger charge is 2.29. The van der Waals surface area contributed by atoms with Gasteiger partial charge in [0.2, 0.25) is 0 Å². The van der Waals surface area contributed by atoms with Gasteiger partial charge < -0.3 is 20.4 Å². The quantitative estimate of drug-likeness (QED) is 0.630. The van der Waals surface area contributed by atoms with Gasteiger partial charge in [0.15, 0.2) is 0 Å². The summed E-state index contributed by atoms with van der Waals surface area (Å²) in [5.74, 6) is -0.917. The number of carbonyl (C=O) groups is 2. The first-order valence-corrected chi connectivity index (χ1v) is 6.48. The molecule has 1 atom stereocenters. The fourth-order valence-electron chi connectivity index (χ4n) is 2.02. The van der Waals surface area contributed by atoms with E-state index in [1.807, 2.05) is 6.92 Å². The maximum atomic E-state index is 12.0. The van der Waals surface area contributed by atoms with Crippen molar-refractivity contribution in [3.05, 3.63) is 0 Å². The Hall–Kier alpha value is -1.30. The smallest absolute Gasteiger partial charge is 0.317 e. The van der Waals surface area contributed by atoms with Crippen LogP contribution < -0.4 is 5.32 Å². The van der Waals surface area contributed by atoms with Gasteiger partial charge in [0.25, 0.3) is 0 Å². The van der Waals surface area contributed by atoms with Crippen LogP contribution in [0.15, 0.2) is 0 Å². The van der Waals surface area contributed by atoms with Crippen LogP contribution >= 0.6 is 0 Å². The first-order valence-electron chi connectivity index (χ1n) is 6.48. The number of aliphatic hydroxyl groups excluding tert-OH is 1. The Morgan fingerprint density at radius 1 is 1.44 bits per heavy atom. The van der Waals surface area contributed by atoms with E-state index in [2.05, 4.69) is 5.32 Å². The molecule has 0 aliphatic heterocycles. The van der Waals surface area contributed by atoms with E-state index in [0.29, 0.717) is 13.0 Å². The zero-order chi connectivity index (χ0) is 13.5. The van der Waals surface area contributed by atoms with Crippen LogP contribution in [0.1, 0.15) is 39.0 Å². The van der Waals surface area contributed by atoms with Crippen LogP contribution in [0.2, 0.25) is 0 Å². The molecule has 0 aromatic heterocycles. The Kier molecular flexibility index (Phi) is 5.91. The van der Waals surface area contributed by atoms with Crippen LogP contribution in [0.3, 0.4) is 0 Å². The number of hydrogen-bond donors (Lipinski definition) is 3. The fraction of sp³-hybridized carbons (Fsp3) is 0.833. The van der Waals surface area contributed by atoms with Gasteiger partial charge in [0, 0.05) is 18.6 Å². The van der Waals surface area contributed by atoms with Crippen molar-refractivity contribution < 1.29 is 19.8 Å². The van der Waals surface area contributed by atoms with Gasteiger partial charge in [-0.05, 0) is 25.7 Å². The standard InChI is InChI=1S/C12H22N2O4/c1-2-9(8-11(16)17)13-12(18)14(6-7-15)10-4-3-5-10/h9-10,15H,2-8H2,1H3,(H,13,18)(H,16,17). The number of aliphatic hydroxyl groups is 1. The molecule has 2 amide bonds. The molecule has 0 aromatic rings. The first-order chi connectivity index (χ1) is 8.58. The van der Waals surface area contributed by atoms with Gasteiger partial charge in [-0.25, -0.2) is 4.79 Å². The van der Waals surface area contributed by atoms with Gasteiger partial charge in [-0.2, -0.15) is 0 Å². The summed E-state index contributed by atoms with van der Waals surface area (Å²) in [6.07, 6.45) is 3.54. The summed E-state index contributed by atoms with van der Waals surface area (Å²) >= 11 is 0. The average Bonchev–Trinajstić information content (AvgIpc) is 2.24. The molecular weight excluding hydrogens is 236 g/mol. The molecule has 6 heteroatoms. The van der Waals surface area contributed by atoms with E-state index in [4.69, 9.17) is 10.2 Å². The number of carboxylic acid groups (broad SMARTS) is 1. The topological polar surface area (TPSA) is 89.9 Å². The Labute approximate surface area is 107 Å². The second-order valence-corrected chi connectivity index (χ2v) is 4.65. The van der Waals surface area contributed by atoms with E-state index in [0.717, 1.165) is 19.3 Å². The molecule has 0 radical (unpaired) electrons. The van der Waals surface area contributed by atoms with E-state index >= 15 is 0 Å². The number of nitrogens with zero attached hydrogens (tertiary/aromatic N) is 1. The summed E-state index contributed by atoms with van der Waals surface area (Å²) < 4.78 is 0. The van der Waals surface area contributed by atoms with Gasteiger partial charge in [0.05, 0.1) is 13.0 Å². The molecule has 0 aromatic carbocycles. The molecule has 1 rings (SSSR count). The minimum absolute atomic E-state index is 0.0696. The van der Waals surface area contributed by atoms with Crippen molar-refractivity contribution in [1.29, 1.82) is 0 Å². The van der Waals surface area contributed by atoms with Crippen molar-refractivity contribution in [3.63, 3.8) is 0 Å². The van der Waals surface area contributed by atoms with Crippen molar-refractivity contribution >= 4 is 12.0 Å². The van der Waals surface area contributed by atoms with Gasteiger partial charge in [0.1, 0.15) is 0 Å². The lowest BCUT2D eigenvalue weighted by atomic mass is 9.91. The molecule has 18 heavy (non-hydrogen) atoms. The van der Waals surface area contributed by atoms with Crippen LogP contribution in [0.25, 0.3) is 0 Å². The van der Waals surface area contributed by atoms with E-state index in [1.54, 1.807) is 4.90 Å². The zero-order valence-electron chi connectivity index (χ0n) is 10.8. The Balaban J connectivity index is 2.50. The highest BCUT2D eigenvalue weighted by atomic mass is 16.4. The predicted octanol–water partition coefficient (Wildman–Crippen LogP) is 0.796. The average molecular weight is 258 g/mol. The lowest BCUT2D eigenvalue weighted by Gasteiger charge is -2.37. The lowest BCUT2D eigenvalue weighted by Crippen LogP contribution is -2.52. The molecule has 3 N–H and O–H groups in total. The summed E-state index contributed by atoms with van der Waals surface area (Å²) in [4.78, 5) is 24.3. The molecule has 104 valence electrons. The Bertz CT molecular complexity index is 292. The highest BCUT2D eigenvalue weighted by molar-refractivity contribution is 5.76. The molecule has 0 bridgehead atoms. The largest absolute Gasteiger partial charge is 0.481 e. The minimum Gasteiger partial charge on any atom is -0.481 e. The lowest BCUT2D eigenvalue weighted by molar-refractivity contribution is -0.137. The second kappa shape index (κ2) is 7.20. The van der Waals surface area contributed by atoms with Crippen LogP contribution in [0.5, 0.6) is 0 Å². The van der Waals surface area contributed by atoms with Crippen molar-refractivity contribution in [1.82, 2.24) is 10.2 Å². The number of aliphatic carboxylic acids is 1. The van der Waals surface area contributed by atoms with Crippen LogP contribution in [-0.2, 0) is 4.79 Å². The molecule has 0 spiro atoms. The molecule has 6 nitrogen and oxygen atoms in total. The molecule has 1 fully saturated rings. The maximum absolute atomic E-state index is 12.0. The monoisotopic (exact) mass is 258 g/mol. The molecule has 0 saturated heterocycles. The Morgan fingerprint density at radius 3 is 2.50 bits per heavy atom. The van der Waals surface area contributed by atoms with Crippen molar-refractivity contribution in [3.8, 4) is 0 Å². The predicted molar refractivity (Wildman–Crippen MR) is 66.3 cm³/mol. The van der Waals surface area contributed by atoms with Gasteiger partial charge in [-0.3, -0.25) is 4.79 Å². The molecule has 1 aliphatic carbocycles. The van der Waals surface area contributed by atoms with Gasteiger partial charge in [-0.15, -0.1) is 0 Å². The summed E-state index contributed by atoms with van der Waals surface area (Å²) in [6.45, 7) is 2.08. The second-order valence-electron chi connectivity index (χ2n) is 4.65. The molecule has 1 aliphatic rings. The number of carboxylic acids is 1. The van der Waals surface area contributed by atoms with Crippen LogP contribution in [0.4, 0.5) is 4.79 Å². The van der Waals surface area contributed by atoms with E-state index < -0.39 is 5.97 Å². The minimum atomic E-state index is -0.917. The molecule has 0 heterocycles. The molecule has 1 saturated carbocycles. The number of amides is 2. The van der Waals surface area contributed by atoms with E-state index in [9.17, 15) is 9.59 Å². The Morgan fingerprint density at radius 2 is 2.11 bits per heavy atom. The summed E-state index contributed by atoms with van der Waals surface area (Å²) in [5.41, 5.74) is 0. The molecule has 1 unspecified atom stereocenters. The third-order valence-corrected chi connectivity index (χ3v) is 3.36. The SMILES string of the molecule is CCC(CC(=O)O)NC(=O)N(CCO)C1CCC1. The first kappa shape index (κ1) is 14.8. The number of hydrogen-bond acceptors (Lipinski definition) is 3. The van der Waals surface area contributed by atoms with Crippen molar-refractivity contribution in [2.75, 3.05) is 13.2 Å². The number of rotatable bonds is 7. The van der Waals surface area contributed by atoms with Crippen LogP contribution in [0, 0.1) is 0 Å². The normalized spacial score (nSPS) is 16.8. The third kappa shape index (κ3) is 4.18. The number of urea groups is 1. The van der Waals surface area contributed by atoms with Crippen molar-refractivity contribution in [2.24, 2.45) is 0 Å². The summed E-state index contributed by atoms with van der Waals surface area (Å²) in [5, 5.41) is 20.4. The van der Waals surface area contributed by atoms with Crippen LogP contribution in [-0.4, -0.2) is 52.3 Å². The van der Waals surface area contributed by atoms with Gasteiger partial charge in [-0.1, -0.05) is 6.92 Å². The summed E-state index contributed by atoms with van der Waals surface area (Å²) in [7, 11) is 0. The number of nitrogens with one attached hydrogen (secondary N) is 1. The van der Waals surface area contributed by atoms with E-state index in [-0.39, 0.29) is 31.1 Å². The van der Waals surface area contributed by atoms with E-state index in [1.165, 1.54) is 0 Å². The molecular formula is C12H22N2O4. The zero-order valence-corrected chi connectivity index (χ0v) is 10.8. The maximum Gasteiger partial charge on any atom is 0.317 e. The third-order valence-electron chi connectivity index (χ3n) is 3.36. The fourth-order valence-corrected chi connectivity index (χ4v) is 2.02. The highest BCUT2D eigenvalue weighted by Crippen LogP contribution is 2.24.